The Hall–Kier alpha value is -0.500. The van der Waals surface area contributed by atoms with Gasteiger partial charge in [0.25, 0.3) is 0 Å². The fourth-order valence-electron chi connectivity index (χ4n) is 6.75. The highest BCUT2D eigenvalue weighted by Crippen LogP contribution is 2.43. The summed E-state index contributed by atoms with van der Waals surface area (Å²) in [6.45, 7) is 4.84. The minimum atomic E-state index is -4.29. The minimum Gasteiger partial charge on any atom is -0.391 e. The number of aliphatic hydroxyl groups excluding tert-OH is 1. The molecule has 0 saturated carbocycles. The van der Waals surface area contributed by atoms with E-state index in [4.69, 9.17) is 9.05 Å². The molecule has 3 N–H and O–H groups in total. The van der Waals surface area contributed by atoms with E-state index in [-0.39, 0.29) is 19.1 Å². The fraction of sp³-hybridized carbons (Fsp3) is 0.977. The van der Waals surface area contributed by atoms with Gasteiger partial charge in [-0.15, -0.1) is 0 Å². The summed E-state index contributed by atoms with van der Waals surface area (Å²) in [5.74, 6) is -0.145. The van der Waals surface area contributed by atoms with Crippen molar-refractivity contribution in [3.63, 3.8) is 0 Å². The van der Waals surface area contributed by atoms with E-state index in [1.54, 1.807) is 0 Å². The molecule has 0 heterocycles. The highest BCUT2D eigenvalue weighted by atomic mass is 31.2. The van der Waals surface area contributed by atoms with E-state index in [0.717, 1.165) is 38.5 Å². The first-order valence-electron chi connectivity index (χ1n) is 22.4. The third kappa shape index (κ3) is 37.8. The number of aliphatic hydroxyl groups is 1. The van der Waals surface area contributed by atoms with E-state index in [1.165, 1.54) is 154 Å². The van der Waals surface area contributed by atoms with E-state index in [0.29, 0.717) is 23.9 Å². The normalized spacial score (nSPS) is 14.4. The number of nitrogens with zero attached hydrogens (tertiary/aromatic N) is 1. The van der Waals surface area contributed by atoms with Crippen molar-refractivity contribution in [3.05, 3.63) is 0 Å². The average molecular weight is 762 g/mol. The molecule has 1 amide bonds. The van der Waals surface area contributed by atoms with Crippen LogP contribution in [-0.4, -0.2) is 73.4 Å². The predicted molar refractivity (Wildman–Crippen MR) is 222 cm³/mol. The van der Waals surface area contributed by atoms with Crippen molar-refractivity contribution >= 4 is 13.7 Å². The van der Waals surface area contributed by atoms with Crippen molar-refractivity contribution in [2.45, 2.75) is 231 Å². The van der Waals surface area contributed by atoms with E-state index >= 15 is 0 Å². The van der Waals surface area contributed by atoms with Crippen molar-refractivity contribution in [1.82, 2.24) is 5.32 Å². The van der Waals surface area contributed by atoms with Gasteiger partial charge in [-0.1, -0.05) is 200 Å². The van der Waals surface area contributed by atoms with Gasteiger partial charge in [0.05, 0.1) is 39.9 Å². The van der Waals surface area contributed by atoms with Crippen LogP contribution in [0.15, 0.2) is 0 Å². The molecule has 0 aliphatic rings. The van der Waals surface area contributed by atoms with Crippen molar-refractivity contribution in [1.29, 1.82) is 0 Å². The number of unbranched alkanes of at least 4 members (excludes halogenated alkanes) is 28. The number of carbonyl (C=O) groups is 1. The number of phosphoric acid groups is 1. The molecule has 0 spiro atoms. The van der Waals surface area contributed by atoms with E-state index in [1.807, 2.05) is 21.1 Å². The predicted octanol–water partition coefficient (Wildman–Crippen LogP) is 12.2. The first-order chi connectivity index (χ1) is 25.0. The maximum absolute atomic E-state index is 12.8. The van der Waals surface area contributed by atoms with Crippen LogP contribution in [0.1, 0.15) is 219 Å². The van der Waals surface area contributed by atoms with Gasteiger partial charge in [0.15, 0.2) is 0 Å². The van der Waals surface area contributed by atoms with Crippen molar-refractivity contribution < 1.29 is 32.9 Å². The van der Waals surface area contributed by atoms with Gasteiger partial charge in [0.2, 0.25) is 5.91 Å². The Labute approximate surface area is 323 Å². The van der Waals surface area contributed by atoms with E-state index < -0.39 is 20.0 Å². The van der Waals surface area contributed by atoms with Crippen LogP contribution in [0.4, 0.5) is 0 Å². The lowest BCUT2D eigenvalue weighted by Gasteiger charge is -2.26. The summed E-state index contributed by atoms with van der Waals surface area (Å²) in [5, 5.41) is 13.8. The molecular formula is C43H90N2O6P+. The minimum absolute atomic E-state index is 0.0776. The van der Waals surface area contributed by atoms with Gasteiger partial charge in [-0.3, -0.25) is 13.8 Å². The second-order valence-electron chi connectivity index (χ2n) is 16.8. The van der Waals surface area contributed by atoms with Gasteiger partial charge in [-0.2, -0.15) is 0 Å². The molecule has 0 aromatic heterocycles. The monoisotopic (exact) mass is 762 g/mol. The molecule has 0 saturated heterocycles. The number of hydrogen-bond donors (Lipinski definition) is 3. The molecule has 52 heavy (non-hydrogen) atoms. The molecule has 0 radical (unpaired) electrons. The molecule has 8 nitrogen and oxygen atoms in total. The number of rotatable bonds is 41. The number of likely N-dealkylation sites (N-methyl/N-ethyl adjacent to an activating group) is 1. The number of hydrogen-bond acceptors (Lipinski definition) is 5. The zero-order valence-corrected chi connectivity index (χ0v) is 36.2. The molecule has 0 aromatic rings. The zero-order chi connectivity index (χ0) is 38.6. The van der Waals surface area contributed by atoms with Gasteiger partial charge < -0.3 is 19.8 Å². The third-order valence-electron chi connectivity index (χ3n) is 10.4. The smallest absolute Gasteiger partial charge is 0.391 e. The Bertz CT molecular complexity index is 824. The van der Waals surface area contributed by atoms with Crippen molar-refractivity contribution in [2.75, 3.05) is 40.9 Å². The Kier molecular flexibility index (Phi) is 35.8. The molecule has 0 rings (SSSR count). The Morgan fingerprint density at radius 1 is 0.577 bits per heavy atom. The molecule has 0 fully saturated rings. The van der Waals surface area contributed by atoms with Gasteiger partial charge in [-0.25, -0.2) is 4.57 Å². The van der Waals surface area contributed by atoms with Gasteiger partial charge in [0, 0.05) is 6.42 Å². The second kappa shape index (κ2) is 36.2. The molecule has 0 aromatic carbocycles. The Morgan fingerprint density at radius 2 is 0.923 bits per heavy atom. The SMILES string of the molecule is CCCCCCCCCCCCCCCCCCCCCCCCCCC(=O)NC(COP(=O)(O)OCC[N+](C)(C)C)C(O)CCCCCCCC. The molecule has 0 aliphatic heterocycles. The van der Waals surface area contributed by atoms with Crippen LogP contribution >= 0.6 is 7.82 Å². The largest absolute Gasteiger partial charge is 0.472 e. The summed E-state index contributed by atoms with van der Waals surface area (Å²) < 4.78 is 23.5. The number of quaternary nitrogens is 1. The molecule has 0 bridgehead atoms. The first kappa shape index (κ1) is 51.5. The number of nitrogens with one attached hydrogen (secondary N) is 1. The average Bonchev–Trinajstić information content (AvgIpc) is 3.09. The summed E-state index contributed by atoms with van der Waals surface area (Å²) in [4.78, 5) is 23.0. The van der Waals surface area contributed by atoms with Crippen molar-refractivity contribution in [3.8, 4) is 0 Å². The highest BCUT2D eigenvalue weighted by Gasteiger charge is 2.28. The molecule has 3 unspecified atom stereocenters. The molecule has 3 atom stereocenters. The third-order valence-corrected chi connectivity index (χ3v) is 11.3. The van der Waals surface area contributed by atoms with Crippen LogP contribution in [0, 0.1) is 0 Å². The maximum Gasteiger partial charge on any atom is 0.472 e. The van der Waals surface area contributed by atoms with Crippen molar-refractivity contribution in [2.24, 2.45) is 0 Å². The van der Waals surface area contributed by atoms with Crippen LogP contribution in [-0.2, 0) is 18.4 Å². The summed E-state index contributed by atoms with van der Waals surface area (Å²) >= 11 is 0. The van der Waals surface area contributed by atoms with Crippen LogP contribution in [0.2, 0.25) is 0 Å². The lowest BCUT2D eigenvalue weighted by molar-refractivity contribution is -0.870. The maximum atomic E-state index is 12.8. The van der Waals surface area contributed by atoms with Crippen LogP contribution in [0.3, 0.4) is 0 Å². The lowest BCUT2D eigenvalue weighted by Crippen LogP contribution is -2.46. The molecule has 0 aliphatic carbocycles. The number of carbonyl (C=O) groups excluding carboxylic acids is 1. The Balaban J connectivity index is 3.98. The van der Waals surface area contributed by atoms with Crippen LogP contribution in [0.5, 0.6) is 0 Å². The van der Waals surface area contributed by atoms with Gasteiger partial charge in [-0.05, 0) is 12.8 Å². The summed E-state index contributed by atoms with van der Waals surface area (Å²) in [7, 11) is 1.62. The van der Waals surface area contributed by atoms with Gasteiger partial charge >= 0.3 is 7.82 Å². The fourth-order valence-corrected chi connectivity index (χ4v) is 7.49. The number of phosphoric ester groups is 1. The molecule has 312 valence electrons. The lowest BCUT2D eigenvalue weighted by atomic mass is 10.0. The quantitative estimate of drug-likeness (QED) is 0.0325. The van der Waals surface area contributed by atoms with Crippen LogP contribution < -0.4 is 5.32 Å². The topological polar surface area (TPSA) is 105 Å². The van der Waals surface area contributed by atoms with Gasteiger partial charge in [0.1, 0.15) is 13.2 Å². The Morgan fingerprint density at radius 3 is 1.29 bits per heavy atom. The summed E-state index contributed by atoms with van der Waals surface area (Å²) in [6, 6.07) is -0.750. The first-order valence-corrected chi connectivity index (χ1v) is 23.9. The summed E-state index contributed by atoms with van der Waals surface area (Å²) in [6.07, 6.45) is 38.9. The van der Waals surface area contributed by atoms with E-state index in [9.17, 15) is 19.4 Å². The molecule has 9 heteroatoms. The zero-order valence-electron chi connectivity index (χ0n) is 35.3. The second-order valence-corrected chi connectivity index (χ2v) is 18.2. The number of amides is 1. The standard InChI is InChI=1S/C43H89N2O6P/c1-6-8-10-12-14-15-16-17-18-19-20-21-22-23-24-25-26-27-28-29-30-31-33-35-37-43(47)44-41(42(46)36-34-32-13-11-9-7-2)40-51-52(48,49)50-39-38-45(3,4)5/h41-42,46H,6-40H2,1-5H3,(H-,44,47,48,49)/p+1. The van der Waals surface area contributed by atoms with E-state index in [2.05, 4.69) is 19.2 Å². The summed E-state index contributed by atoms with van der Waals surface area (Å²) in [5.41, 5.74) is 0. The molecular weight excluding hydrogens is 671 g/mol. The van der Waals surface area contributed by atoms with Crippen LogP contribution in [0.25, 0.3) is 0 Å². The highest BCUT2D eigenvalue weighted by molar-refractivity contribution is 7.47.